The Morgan fingerprint density at radius 2 is 1.75 bits per heavy atom. The van der Waals surface area contributed by atoms with Crippen LogP contribution < -0.4 is 20.3 Å². The first-order valence-electron chi connectivity index (χ1n) is 7.29. The largest absolute Gasteiger partial charge is 0.494 e. The lowest BCUT2D eigenvalue weighted by Gasteiger charge is -2.23. The Morgan fingerprint density at radius 3 is 2.29 bits per heavy atom. The molecule has 128 valence electrons. The molecule has 0 saturated carbocycles. The van der Waals surface area contributed by atoms with Gasteiger partial charge in [0, 0.05) is 0 Å². The number of sulfonamides is 1. The molecule has 0 atom stereocenters. The van der Waals surface area contributed by atoms with E-state index in [1.54, 1.807) is 42.5 Å². The zero-order chi connectivity index (χ0) is 17.6. The average Bonchev–Trinajstić information content (AvgIpc) is 2.61. The maximum Gasteiger partial charge on any atom is 0.264 e. The fraction of sp³-hybridized carbons (Fsp3) is 0.188. The topological polar surface area (TPSA) is 102 Å². The third kappa shape index (κ3) is 4.03. The number of nitrogens with two attached hydrogens (primary N) is 1. The number of hydrogen-bond donors (Lipinski definition) is 2. The van der Waals surface area contributed by atoms with Crippen LogP contribution in [0, 0.1) is 0 Å². The van der Waals surface area contributed by atoms with Gasteiger partial charge in [0.05, 0.1) is 17.2 Å². The number of ether oxygens (including phenoxy) is 1. The molecule has 2 aromatic carbocycles. The second kappa shape index (κ2) is 7.80. The van der Waals surface area contributed by atoms with Gasteiger partial charge in [-0.3, -0.25) is 14.5 Å². The fourth-order valence-corrected chi connectivity index (χ4v) is 3.53. The van der Waals surface area contributed by atoms with Crippen molar-refractivity contribution < 1.29 is 17.9 Å². The van der Waals surface area contributed by atoms with Crippen LogP contribution in [0.2, 0.25) is 0 Å². The third-order valence-electron chi connectivity index (χ3n) is 3.22. The minimum Gasteiger partial charge on any atom is -0.494 e. The lowest BCUT2D eigenvalue weighted by molar-refractivity contribution is -0.119. The molecule has 24 heavy (non-hydrogen) atoms. The number of nitrogens with one attached hydrogen (secondary N) is 1. The molecule has 0 aromatic heterocycles. The molecule has 1 amide bonds. The molecule has 0 bridgehead atoms. The Morgan fingerprint density at radius 1 is 1.12 bits per heavy atom. The smallest absolute Gasteiger partial charge is 0.264 e. The van der Waals surface area contributed by atoms with Gasteiger partial charge in [0.25, 0.3) is 15.9 Å². The summed E-state index contributed by atoms with van der Waals surface area (Å²) >= 11 is 0. The van der Waals surface area contributed by atoms with Gasteiger partial charge in [-0.15, -0.1) is 0 Å². The molecule has 2 rings (SSSR count). The molecule has 7 nitrogen and oxygen atoms in total. The van der Waals surface area contributed by atoms with Crippen molar-refractivity contribution in [2.75, 3.05) is 17.5 Å². The van der Waals surface area contributed by atoms with Crippen molar-refractivity contribution in [3.63, 3.8) is 0 Å². The van der Waals surface area contributed by atoms with Crippen LogP contribution in [0.15, 0.2) is 59.5 Å². The quantitative estimate of drug-likeness (QED) is 0.445. The second-order valence-corrected chi connectivity index (χ2v) is 6.68. The number of hydrogen-bond acceptors (Lipinski definition) is 5. The Labute approximate surface area is 141 Å². The molecule has 2 aromatic rings. The van der Waals surface area contributed by atoms with Gasteiger partial charge in [-0.25, -0.2) is 14.3 Å². The molecule has 8 heteroatoms. The number of rotatable bonds is 7. The highest BCUT2D eigenvalue weighted by Gasteiger charge is 2.26. The Kier molecular flexibility index (Phi) is 5.78. The third-order valence-corrected chi connectivity index (χ3v) is 5.00. The van der Waals surface area contributed by atoms with Gasteiger partial charge in [0.15, 0.2) is 0 Å². The lowest BCUT2D eigenvalue weighted by Crippen LogP contribution is -2.43. The van der Waals surface area contributed by atoms with E-state index in [9.17, 15) is 13.2 Å². The van der Waals surface area contributed by atoms with E-state index in [1.807, 2.05) is 12.3 Å². The van der Waals surface area contributed by atoms with E-state index in [-0.39, 0.29) is 4.90 Å². The van der Waals surface area contributed by atoms with Crippen molar-refractivity contribution in [3.05, 3.63) is 54.6 Å². The van der Waals surface area contributed by atoms with Gasteiger partial charge in [-0.1, -0.05) is 18.2 Å². The summed E-state index contributed by atoms with van der Waals surface area (Å²) in [6.07, 6.45) is 0. The molecular weight excluding hydrogens is 330 g/mol. The van der Waals surface area contributed by atoms with Gasteiger partial charge < -0.3 is 4.74 Å². The highest BCUT2D eigenvalue weighted by molar-refractivity contribution is 7.92. The first-order valence-corrected chi connectivity index (χ1v) is 8.73. The van der Waals surface area contributed by atoms with Gasteiger partial charge in [-0.05, 0) is 43.3 Å². The highest BCUT2D eigenvalue weighted by Crippen LogP contribution is 2.25. The van der Waals surface area contributed by atoms with Crippen LogP contribution >= 0.6 is 0 Å². The van der Waals surface area contributed by atoms with Crippen molar-refractivity contribution in [2.45, 2.75) is 11.8 Å². The maximum atomic E-state index is 12.9. The van der Waals surface area contributed by atoms with Gasteiger partial charge >= 0.3 is 0 Å². The van der Waals surface area contributed by atoms with Crippen LogP contribution in [0.25, 0.3) is 0 Å². The Hall–Kier alpha value is -2.58. The minimum absolute atomic E-state index is 0.0868. The van der Waals surface area contributed by atoms with E-state index in [0.717, 1.165) is 4.31 Å². The number of carbonyl (C=O) groups is 1. The summed E-state index contributed by atoms with van der Waals surface area (Å²) in [5.74, 6) is 5.09. The Balaban J connectivity index is 2.43. The fourth-order valence-electron chi connectivity index (χ4n) is 2.09. The minimum atomic E-state index is -3.91. The molecule has 0 radical (unpaired) electrons. The molecule has 0 aliphatic heterocycles. The predicted molar refractivity (Wildman–Crippen MR) is 90.9 cm³/mol. The van der Waals surface area contributed by atoms with E-state index in [0.29, 0.717) is 18.0 Å². The molecule has 0 spiro atoms. The van der Waals surface area contributed by atoms with Gasteiger partial charge in [0.2, 0.25) is 0 Å². The number of amides is 1. The van der Waals surface area contributed by atoms with Crippen LogP contribution in [0.5, 0.6) is 5.75 Å². The number of carbonyl (C=O) groups excluding carboxylic acids is 1. The van der Waals surface area contributed by atoms with E-state index in [2.05, 4.69) is 0 Å². The summed E-state index contributed by atoms with van der Waals surface area (Å²) in [4.78, 5) is 11.8. The first-order chi connectivity index (χ1) is 11.5. The monoisotopic (exact) mass is 349 g/mol. The van der Waals surface area contributed by atoms with Gasteiger partial charge in [0.1, 0.15) is 12.3 Å². The summed E-state index contributed by atoms with van der Waals surface area (Å²) in [5.41, 5.74) is 2.29. The van der Waals surface area contributed by atoms with Crippen molar-refractivity contribution in [1.29, 1.82) is 0 Å². The summed E-state index contributed by atoms with van der Waals surface area (Å²) in [7, 11) is -3.91. The van der Waals surface area contributed by atoms with E-state index >= 15 is 0 Å². The van der Waals surface area contributed by atoms with E-state index < -0.39 is 22.5 Å². The molecule has 0 aliphatic rings. The highest BCUT2D eigenvalue weighted by atomic mass is 32.2. The van der Waals surface area contributed by atoms with Gasteiger partial charge in [-0.2, -0.15) is 0 Å². The predicted octanol–water partition coefficient (Wildman–Crippen LogP) is 1.27. The summed E-state index contributed by atoms with van der Waals surface area (Å²) in [6.45, 7) is 1.92. The van der Waals surface area contributed by atoms with Crippen molar-refractivity contribution >= 4 is 21.6 Å². The summed E-state index contributed by atoms with van der Waals surface area (Å²) in [5, 5.41) is 0. The van der Waals surface area contributed by atoms with Crippen LogP contribution in [-0.2, 0) is 14.8 Å². The number of benzene rings is 2. The standard InChI is InChI=1S/C16H19N3O4S/c1-2-23-14-10-8-13(9-11-14)19(12-16(20)18-17)24(21,22)15-6-4-3-5-7-15/h3-11H,2,12,17H2,1H3,(H,18,20). The van der Waals surface area contributed by atoms with Crippen LogP contribution in [0.4, 0.5) is 5.69 Å². The number of hydrazine groups is 1. The van der Waals surface area contributed by atoms with Crippen LogP contribution in [0.1, 0.15) is 6.92 Å². The zero-order valence-corrected chi connectivity index (χ0v) is 14.0. The molecule has 3 N–H and O–H groups in total. The van der Waals surface area contributed by atoms with E-state index in [1.165, 1.54) is 12.1 Å². The van der Waals surface area contributed by atoms with Crippen LogP contribution in [-0.4, -0.2) is 27.5 Å². The molecule has 0 saturated heterocycles. The maximum absolute atomic E-state index is 12.9. The SMILES string of the molecule is CCOc1ccc(N(CC(=O)NN)S(=O)(=O)c2ccccc2)cc1. The normalized spacial score (nSPS) is 10.9. The van der Waals surface area contributed by atoms with E-state index in [4.69, 9.17) is 10.6 Å². The summed E-state index contributed by atoms with van der Waals surface area (Å²) < 4.78 is 32.1. The summed E-state index contributed by atoms with van der Waals surface area (Å²) in [6, 6.07) is 14.3. The number of nitrogens with zero attached hydrogens (tertiary/aromatic N) is 1. The first kappa shape index (κ1) is 17.8. The molecule has 0 heterocycles. The van der Waals surface area contributed by atoms with Crippen molar-refractivity contribution in [3.8, 4) is 5.75 Å². The Bertz CT molecular complexity index is 777. The molecule has 0 unspecified atom stereocenters. The molecular formula is C16H19N3O4S. The van der Waals surface area contributed by atoms with Crippen molar-refractivity contribution in [2.24, 2.45) is 5.84 Å². The number of anilines is 1. The molecule has 0 aliphatic carbocycles. The second-order valence-electron chi connectivity index (χ2n) is 4.82. The average molecular weight is 349 g/mol. The lowest BCUT2D eigenvalue weighted by atomic mass is 10.3. The van der Waals surface area contributed by atoms with Crippen molar-refractivity contribution in [1.82, 2.24) is 5.43 Å². The van der Waals surface area contributed by atoms with Crippen LogP contribution in [0.3, 0.4) is 0 Å². The zero-order valence-electron chi connectivity index (χ0n) is 13.2. The molecule has 0 fully saturated rings.